The van der Waals surface area contributed by atoms with Gasteiger partial charge in [-0.2, -0.15) is 0 Å². The Morgan fingerprint density at radius 2 is 2.14 bits per heavy atom. The second-order valence-electron chi connectivity index (χ2n) is 5.83. The van der Waals surface area contributed by atoms with E-state index in [2.05, 4.69) is 20.5 Å². The number of hydrogen-bond acceptors (Lipinski definition) is 5. The molecular weight excluding hydrogens is 298 g/mol. The standard InChI is InChI=1S/C15H17N5OS/c21-15(17-14-19-18-13(22-14)10-4-5-10)20(12-6-7-12)9-11-3-1-2-8-16-11/h1-3,8,10,12H,4-7,9H2,(H,17,19,21). The van der Waals surface area contributed by atoms with Crippen molar-refractivity contribution in [3.8, 4) is 0 Å². The summed E-state index contributed by atoms with van der Waals surface area (Å²) >= 11 is 1.49. The molecule has 0 aromatic carbocycles. The average molecular weight is 315 g/mol. The summed E-state index contributed by atoms with van der Waals surface area (Å²) in [5.41, 5.74) is 0.903. The maximum atomic E-state index is 12.5. The summed E-state index contributed by atoms with van der Waals surface area (Å²) in [5, 5.41) is 12.8. The van der Waals surface area contributed by atoms with Gasteiger partial charge < -0.3 is 4.90 Å². The molecule has 0 spiro atoms. The van der Waals surface area contributed by atoms with Gasteiger partial charge in [0.2, 0.25) is 5.13 Å². The lowest BCUT2D eigenvalue weighted by molar-refractivity contribution is 0.205. The van der Waals surface area contributed by atoms with Crippen molar-refractivity contribution in [2.24, 2.45) is 0 Å². The Hall–Kier alpha value is -2.02. The minimum Gasteiger partial charge on any atom is -0.316 e. The van der Waals surface area contributed by atoms with Crippen LogP contribution in [-0.2, 0) is 6.54 Å². The Morgan fingerprint density at radius 1 is 1.27 bits per heavy atom. The van der Waals surface area contributed by atoms with Crippen molar-refractivity contribution in [1.82, 2.24) is 20.1 Å². The van der Waals surface area contributed by atoms with Gasteiger partial charge in [0.05, 0.1) is 12.2 Å². The zero-order valence-electron chi connectivity index (χ0n) is 12.1. The fourth-order valence-corrected chi connectivity index (χ4v) is 3.26. The van der Waals surface area contributed by atoms with E-state index in [4.69, 9.17) is 0 Å². The first-order chi connectivity index (χ1) is 10.8. The van der Waals surface area contributed by atoms with E-state index < -0.39 is 0 Å². The highest BCUT2D eigenvalue weighted by Crippen LogP contribution is 2.42. The number of aromatic nitrogens is 3. The van der Waals surface area contributed by atoms with Gasteiger partial charge >= 0.3 is 6.03 Å². The largest absolute Gasteiger partial charge is 0.324 e. The van der Waals surface area contributed by atoms with Crippen LogP contribution in [0.1, 0.15) is 42.3 Å². The lowest BCUT2D eigenvalue weighted by Crippen LogP contribution is -2.36. The highest BCUT2D eigenvalue weighted by molar-refractivity contribution is 7.15. The summed E-state index contributed by atoms with van der Waals surface area (Å²) in [5.74, 6) is 0.566. The molecule has 2 aliphatic carbocycles. The van der Waals surface area contributed by atoms with E-state index in [1.54, 1.807) is 6.20 Å². The quantitative estimate of drug-likeness (QED) is 0.920. The van der Waals surface area contributed by atoms with Crippen molar-refractivity contribution in [2.75, 3.05) is 5.32 Å². The van der Waals surface area contributed by atoms with Crippen LogP contribution in [0.25, 0.3) is 0 Å². The van der Waals surface area contributed by atoms with Crippen LogP contribution in [0.4, 0.5) is 9.93 Å². The molecule has 0 unspecified atom stereocenters. The minimum absolute atomic E-state index is 0.105. The third-order valence-electron chi connectivity index (χ3n) is 3.89. The van der Waals surface area contributed by atoms with E-state index in [1.807, 2.05) is 23.1 Å². The molecule has 0 radical (unpaired) electrons. The van der Waals surface area contributed by atoms with Gasteiger partial charge in [-0.3, -0.25) is 10.3 Å². The first-order valence-corrected chi connectivity index (χ1v) is 8.42. The van der Waals surface area contributed by atoms with E-state index in [-0.39, 0.29) is 6.03 Å². The number of nitrogens with one attached hydrogen (secondary N) is 1. The molecule has 0 atom stereocenters. The monoisotopic (exact) mass is 315 g/mol. The van der Waals surface area contributed by atoms with Crippen LogP contribution in [0.2, 0.25) is 0 Å². The van der Waals surface area contributed by atoms with E-state index in [9.17, 15) is 4.79 Å². The molecule has 114 valence electrons. The Morgan fingerprint density at radius 3 is 2.82 bits per heavy atom. The zero-order valence-corrected chi connectivity index (χ0v) is 12.9. The van der Waals surface area contributed by atoms with Crippen LogP contribution in [0, 0.1) is 0 Å². The van der Waals surface area contributed by atoms with Crippen LogP contribution < -0.4 is 5.32 Å². The number of nitrogens with zero attached hydrogens (tertiary/aromatic N) is 4. The van der Waals surface area contributed by atoms with Crippen molar-refractivity contribution in [1.29, 1.82) is 0 Å². The molecule has 2 saturated carbocycles. The van der Waals surface area contributed by atoms with Crippen molar-refractivity contribution < 1.29 is 4.79 Å². The lowest BCUT2D eigenvalue weighted by atomic mass is 10.3. The van der Waals surface area contributed by atoms with E-state index in [0.29, 0.717) is 23.6 Å². The Bertz CT molecular complexity index is 666. The van der Waals surface area contributed by atoms with Gasteiger partial charge in [-0.25, -0.2) is 4.79 Å². The van der Waals surface area contributed by atoms with Gasteiger partial charge in [0.25, 0.3) is 0 Å². The highest BCUT2D eigenvalue weighted by Gasteiger charge is 2.34. The SMILES string of the molecule is O=C(Nc1nnc(C2CC2)s1)N(Cc1ccccn1)C1CC1. The number of urea groups is 1. The summed E-state index contributed by atoms with van der Waals surface area (Å²) in [6.07, 6.45) is 6.26. The molecule has 7 heteroatoms. The first kappa shape index (κ1) is 13.6. The van der Waals surface area contributed by atoms with Gasteiger partial charge in [-0.05, 0) is 37.8 Å². The fourth-order valence-electron chi connectivity index (χ4n) is 2.36. The van der Waals surface area contributed by atoms with Crippen molar-refractivity contribution in [3.05, 3.63) is 35.1 Å². The van der Waals surface area contributed by atoms with Crippen molar-refractivity contribution in [2.45, 2.75) is 44.2 Å². The summed E-state index contributed by atoms with van der Waals surface area (Å²) in [7, 11) is 0. The van der Waals surface area contributed by atoms with E-state index in [1.165, 1.54) is 24.2 Å². The van der Waals surface area contributed by atoms with Crippen LogP contribution in [0.3, 0.4) is 0 Å². The summed E-state index contributed by atoms with van der Waals surface area (Å²) in [6.45, 7) is 0.533. The van der Waals surface area contributed by atoms with Crippen LogP contribution >= 0.6 is 11.3 Å². The molecule has 6 nitrogen and oxygen atoms in total. The molecule has 0 bridgehead atoms. The predicted molar refractivity (Wildman–Crippen MR) is 83.7 cm³/mol. The molecule has 2 aliphatic rings. The molecule has 2 heterocycles. The second-order valence-corrected chi connectivity index (χ2v) is 6.84. The molecule has 22 heavy (non-hydrogen) atoms. The number of carbonyl (C=O) groups excluding carboxylic acids is 1. The zero-order chi connectivity index (χ0) is 14.9. The number of carbonyl (C=O) groups is 1. The summed E-state index contributed by atoms with van der Waals surface area (Å²) < 4.78 is 0. The third-order valence-corrected chi connectivity index (χ3v) is 4.89. The number of rotatable bonds is 5. The molecule has 2 fully saturated rings. The molecule has 2 amide bonds. The molecule has 4 rings (SSSR count). The second kappa shape index (κ2) is 5.64. The molecule has 0 aliphatic heterocycles. The van der Waals surface area contributed by atoms with Gasteiger partial charge in [0.15, 0.2) is 0 Å². The van der Waals surface area contributed by atoms with Crippen LogP contribution in [0.5, 0.6) is 0 Å². The third kappa shape index (κ3) is 3.09. The molecule has 2 aromatic heterocycles. The maximum absolute atomic E-state index is 12.5. The molecule has 2 aromatic rings. The summed E-state index contributed by atoms with van der Waals surface area (Å²) in [6, 6.07) is 5.98. The smallest absolute Gasteiger partial charge is 0.316 e. The topological polar surface area (TPSA) is 71.0 Å². The van der Waals surface area contributed by atoms with Gasteiger partial charge in [0, 0.05) is 18.2 Å². The Kier molecular flexibility index (Phi) is 3.49. The molecular formula is C15H17N5OS. The summed E-state index contributed by atoms with van der Waals surface area (Å²) in [4.78, 5) is 18.7. The molecule has 1 N–H and O–H groups in total. The number of anilines is 1. The Balaban J connectivity index is 1.43. The fraction of sp³-hybridized carbons (Fsp3) is 0.467. The number of pyridine rings is 1. The number of amides is 2. The van der Waals surface area contributed by atoms with Gasteiger partial charge in [-0.1, -0.05) is 17.4 Å². The van der Waals surface area contributed by atoms with Crippen LogP contribution in [0.15, 0.2) is 24.4 Å². The van der Waals surface area contributed by atoms with Crippen molar-refractivity contribution >= 4 is 22.5 Å². The van der Waals surface area contributed by atoms with E-state index >= 15 is 0 Å². The normalized spacial score (nSPS) is 17.3. The van der Waals surface area contributed by atoms with Crippen molar-refractivity contribution in [3.63, 3.8) is 0 Å². The molecule has 0 saturated heterocycles. The van der Waals surface area contributed by atoms with Gasteiger partial charge in [0.1, 0.15) is 5.01 Å². The average Bonchev–Trinajstić information content (AvgIpc) is 3.45. The lowest BCUT2D eigenvalue weighted by Gasteiger charge is -2.21. The maximum Gasteiger partial charge on any atom is 0.324 e. The Labute approximate surface area is 132 Å². The van der Waals surface area contributed by atoms with E-state index in [0.717, 1.165) is 23.5 Å². The minimum atomic E-state index is -0.105. The highest BCUT2D eigenvalue weighted by atomic mass is 32.1. The first-order valence-electron chi connectivity index (χ1n) is 7.60. The predicted octanol–water partition coefficient (Wildman–Crippen LogP) is 3.01. The van der Waals surface area contributed by atoms with Gasteiger partial charge in [-0.15, -0.1) is 10.2 Å². The van der Waals surface area contributed by atoms with Crippen LogP contribution in [-0.4, -0.2) is 32.2 Å². The number of hydrogen-bond donors (Lipinski definition) is 1.